The van der Waals surface area contributed by atoms with Gasteiger partial charge in [-0.25, -0.2) is 0 Å². The minimum atomic E-state index is -4.32. The number of thioether (sulfide) groups is 1. The maximum absolute atomic E-state index is 11.8. The number of alkyl halides is 3. The van der Waals surface area contributed by atoms with Crippen LogP contribution in [0, 0.1) is 0 Å². The van der Waals surface area contributed by atoms with E-state index < -0.39 is 17.2 Å². The molecule has 0 spiro atoms. The largest absolute Gasteiger partial charge is 0.442 e. The average molecular weight is 279 g/mol. The molecule has 8 heteroatoms. The van der Waals surface area contributed by atoms with E-state index in [1.165, 1.54) is 4.90 Å². The fourth-order valence-electron chi connectivity index (χ4n) is 1.46. The number of halogens is 4. The molecule has 1 rings (SSSR count). The number of hydrogen-bond acceptors (Lipinski definition) is 3. The summed E-state index contributed by atoms with van der Waals surface area (Å²) in [7, 11) is 1.78. The first-order valence-electron chi connectivity index (χ1n) is 4.58. The lowest BCUT2D eigenvalue weighted by molar-refractivity contribution is -0.127. The standard InChI is InChI=1S/C8H13F3N2OS.ClH/c1-12-6-2-3-13(4-6)7(14)5-15-8(9,10)11;/h6,12H,2-5H2,1H3;1H. The highest BCUT2D eigenvalue weighted by molar-refractivity contribution is 8.00. The Bertz CT molecular complexity index is 240. The van der Waals surface area contributed by atoms with Gasteiger partial charge < -0.3 is 10.2 Å². The summed E-state index contributed by atoms with van der Waals surface area (Å²) in [5.41, 5.74) is -4.32. The molecule has 0 bridgehead atoms. The van der Waals surface area contributed by atoms with Crippen LogP contribution in [0.25, 0.3) is 0 Å². The number of likely N-dealkylation sites (tertiary alicyclic amines) is 1. The summed E-state index contributed by atoms with van der Waals surface area (Å²) >= 11 is -0.274. The van der Waals surface area contributed by atoms with Gasteiger partial charge in [-0.05, 0) is 25.2 Å². The van der Waals surface area contributed by atoms with Gasteiger partial charge in [0.1, 0.15) is 0 Å². The molecule has 96 valence electrons. The van der Waals surface area contributed by atoms with Crippen molar-refractivity contribution in [3.05, 3.63) is 0 Å². The number of carbonyl (C=O) groups excluding carboxylic acids is 1. The van der Waals surface area contributed by atoms with Crippen LogP contribution in [0.2, 0.25) is 0 Å². The molecule has 1 saturated heterocycles. The van der Waals surface area contributed by atoms with Gasteiger partial charge in [-0.15, -0.1) is 12.4 Å². The van der Waals surface area contributed by atoms with Crippen molar-refractivity contribution in [2.45, 2.75) is 18.0 Å². The molecular formula is C8H14ClF3N2OS. The molecule has 0 aromatic heterocycles. The number of rotatable bonds is 3. The Morgan fingerprint density at radius 2 is 2.19 bits per heavy atom. The molecule has 1 aliphatic heterocycles. The number of hydrogen-bond donors (Lipinski definition) is 1. The fraction of sp³-hybridized carbons (Fsp3) is 0.875. The number of amides is 1. The fourth-order valence-corrected chi connectivity index (χ4v) is 1.93. The van der Waals surface area contributed by atoms with Crippen molar-refractivity contribution < 1.29 is 18.0 Å². The second-order valence-electron chi connectivity index (χ2n) is 3.35. The first-order valence-corrected chi connectivity index (χ1v) is 5.56. The van der Waals surface area contributed by atoms with Gasteiger partial charge >= 0.3 is 5.51 Å². The Morgan fingerprint density at radius 1 is 1.56 bits per heavy atom. The summed E-state index contributed by atoms with van der Waals surface area (Å²) in [6.45, 7) is 1.05. The summed E-state index contributed by atoms with van der Waals surface area (Å²) < 4.78 is 35.5. The molecule has 0 aliphatic carbocycles. The summed E-state index contributed by atoms with van der Waals surface area (Å²) in [5, 5.41) is 3.00. The van der Waals surface area contributed by atoms with Crippen LogP contribution in [0.15, 0.2) is 0 Å². The smallest absolute Gasteiger partial charge is 0.340 e. The van der Waals surface area contributed by atoms with Crippen molar-refractivity contribution in [2.75, 3.05) is 25.9 Å². The summed E-state index contributed by atoms with van der Waals surface area (Å²) in [5.74, 6) is -0.949. The predicted octanol–water partition coefficient (Wildman–Crippen LogP) is 1.48. The van der Waals surface area contributed by atoms with Crippen molar-refractivity contribution in [3.8, 4) is 0 Å². The van der Waals surface area contributed by atoms with E-state index in [4.69, 9.17) is 0 Å². The number of nitrogens with zero attached hydrogens (tertiary/aromatic N) is 1. The highest BCUT2D eigenvalue weighted by Gasteiger charge is 2.32. The molecule has 0 radical (unpaired) electrons. The molecule has 1 amide bonds. The van der Waals surface area contributed by atoms with Crippen LogP contribution in [0.4, 0.5) is 13.2 Å². The van der Waals surface area contributed by atoms with E-state index in [0.29, 0.717) is 13.1 Å². The lowest BCUT2D eigenvalue weighted by Crippen LogP contribution is -2.34. The third-order valence-corrected chi connectivity index (χ3v) is 3.03. The molecular weight excluding hydrogens is 265 g/mol. The molecule has 0 saturated carbocycles. The van der Waals surface area contributed by atoms with Crippen LogP contribution in [-0.2, 0) is 4.79 Å². The maximum atomic E-state index is 11.8. The number of carbonyl (C=O) groups is 1. The van der Waals surface area contributed by atoms with E-state index in [9.17, 15) is 18.0 Å². The first-order chi connectivity index (χ1) is 6.92. The van der Waals surface area contributed by atoms with Gasteiger partial charge in [0.05, 0.1) is 5.75 Å². The van der Waals surface area contributed by atoms with Gasteiger partial charge in [0, 0.05) is 19.1 Å². The zero-order valence-corrected chi connectivity index (χ0v) is 10.3. The molecule has 1 aliphatic rings. The summed E-state index contributed by atoms with van der Waals surface area (Å²) in [6, 6.07) is 0.213. The molecule has 1 unspecified atom stereocenters. The molecule has 0 aromatic rings. The van der Waals surface area contributed by atoms with Crippen LogP contribution in [-0.4, -0.2) is 48.2 Å². The topological polar surface area (TPSA) is 32.3 Å². The van der Waals surface area contributed by atoms with Crippen molar-refractivity contribution in [1.29, 1.82) is 0 Å². The molecule has 1 N–H and O–H groups in total. The van der Waals surface area contributed by atoms with E-state index in [-0.39, 0.29) is 30.2 Å². The van der Waals surface area contributed by atoms with Crippen LogP contribution in [0.1, 0.15) is 6.42 Å². The molecule has 1 fully saturated rings. The predicted molar refractivity (Wildman–Crippen MR) is 59.8 cm³/mol. The van der Waals surface area contributed by atoms with Gasteiger partial charge in [-0.3, -0.25) is 4.79 Å². The third-order valence-electron chi connectivity index (χ3n) is 2.31. The van der Waals surface area contributed by atoms with E-state index >= 15 is 0 Å². The van der Waals surface area contributed by atoms with Gasteiger partial charge in [-0.2, -0.15) is 13.2 Å². The van der Waals surface area contributed by atoms with Crippen LogP contribution in [0.3, 0.4) is 0 Å². The average Bonchev–Trinajstić information content (AvgIpc) is 2.61. The van der Waals surface area contributed by atoms with Gasteiger partial charge in [-0.1, -0.05) is 0 Å². The van der Waals surface area contributed by atoms with Gasteiger partial charge in [0.25, 0.3) is 0 Å². The van der Waals surface area contributed by atoms with Crippen molar-refractivity contribution in [1.82, 2.24) is 10.2 Å². The molecule has 1 heterocycles. The minimum absolute atomic E-state index is 0. The summed E-state index contributed by atoms with van der Waals surface area (Å²) in [6.07, 6.45) is 0.804. The second kappa shape index (κ2) is 6.56. The van der Waals surface area contributed by atoms with Crippen LogP contribution in [0.5, 0.6) is 0 Å². The monoisotopic (exact) mass is 278 g/mol. The Balaban J connectivity index is 0.00000225. The Labute approximate surface area is 103 Å². The Hall–Kier alpha value is -0.140. The lowest BCUT2D eigenvalue weighted by Gasteiger charge is -2.16. The normalized spacial score (nSPS) is 20.8. The highest BCUT2D eigenvalue weighted by Crippen LogP contribution is 2.30. The van der Waals surface area contributed by atoms with Crippen LogP contribution >= 0.6 is 24.2 Å². The zero-order chi connectivity index (χ0) is 11.5. The van der Waals surface area contributed by atoms with E-state index in [1.807, 2.05) is 0 Å². The van der Waals surface area contributed by atoms with Gasteiger partial charge in [0.15, 0.2) is 0 Å². The SMILES string of the molecule is CNC1CCN(C(=O)CSC(F)(F)F)C1.Cl. The highest BCUT2D eigenvalue weighted by atomic mass is 35.5. The minimum Gasteiger partial charge on any atom is -0.340 e. The summed E-state index contributed by atoms with van der Waals surface area (Å²) in [4.78, 5) is 12.8. The molecule has 1 atom stereocenters. The van der Waals surface area contributed by atoms with Crippen LogP contribution < -0.4 is 5.32 Å². The molecule has 16 heavy (non-hydrogen) atoms. The molecule has 3 nitrogen and oxygen atoms in total. The maximum Gasteiger partial charge on any atom is 0.442 e. The van der Waals surface area contributed by atoms with Crippen molar-refractivity contribution in [2.24, 2.45) is 0 Å². The number of nitrogens with one attached hydrogen (secondary N) is 1. The zero-order valence-electron chi connectivity index (χ0n) is 8.71. The molecule has 0 aromatic carbocycles. The van der Waals surface area contributed by atoms with Crippen molar-refractivity contribution in [3.63, 3.8) is 0 Å². The third kappa shape index (κ3) is 5.27. The first kappa shape index (κ1) is 15.9. The quantitative estimate of drug-likeness (QED) is 0.849. The van der Waals surface area contributed by atoms with Gasteiger partial charge in [0.2, 0.25) is 5.91 Å². The van der Waals surface area contributed by atoms with E-state index in [2.05, 4.69) is 5.32 Å². The Kier molecular flexibility index (Phi) is 6.50. The van der Waals surface area contributed by atoms with E-state index in [0.717, 1.165) is 6.42 Å². The van der Waals surface area contributed by atoms with E-state index in [1.54, 1.807) is 7.05 Å². The Morgan fingerprint density at radius 3 is 2.62 bits per heavy atom. The lowest BCUT2D eigenvalue weighted by atomic mass is 10.3. The second-order valence-corrected chi connectivity index (χ2v) is 4.39. The number of likely N-dealkylation sites (N-methyl/N-ethyl adjacent to an activating group) is 1. The van der Waals surface area contributed by atoms with Crippen molar-refractivity contribution >= 4 is 30.1 Å².